The van der Waals surface area contributed by atoms with Crippen molar-refractivity contribution < 1.29 is 22.7 Å². The summed E-state index contributed by atoms with van der Waals surface area (Å²) in [5, 5.41) is 5.99. The molecule has 3 heterocycles. The molecule has 0 unspecified atom stereocenters. The smallest absolute Gasteiger partial charge is 0.324 e. The summed E-state index contributed by atoms with van der Waals surface area (Å²) in [5.41, 5.74) is 0.638. The predicted molar refractivity (Wildman–Crippen MR) is 144 cm³/mol. The van der Waals surface area contributed by atoms with E-state index < -0.39 is 16.1 Å². The van der Waals surface area contributed by atoms with Crippen LogP contribution in [0.15, 0.2) is 54.9 Å². The molecule has 12 heteroatoms. The normalized spacial score (nSPS) is 15.5. The lowest BCUT2D eigenvalue weighted by Crippen LogP contribution is -2.35. The van der Waals surface area contributed by atoms with Crippen molar-refractivity contribution in [3.8, 4) is 11.5 Å². The number of thiophene rings is 1. The molecule has 3 amide bonds. The number of pyridine rings is 1. The van der Waals surface area contributed by atoms with Crippen molar-refractivity contribution >= 4 is 44.0 Å². The number of ether oxygens (including phenoxy) is 1. The van der Waals surface area contributed by atoms with Gasteiger partial charge in [-0.05, 0) is 47.9 Å². The highest BCUT2D eigenvalue weighted by Crippen LogP contribution is 2.37. The van der Waals surface area contributed by atoms with E-state index in [0.29, 0.717) is 27.8 Å². The van der Waals surface area contributed by atoms with Crippen LogP contribution < -0.4 is 20.1 Å². The lowest BCUT2D eigenvalue weighted by Gasteiger charge is -2.19. The molecule has 37 heavy (non-hydrogen) atoms. The van der Waals surface area contributed by atoms with Gasteiger partial charge in [-0.15, -0.1) is 11.3 Å². The molecule has 3 aromatic rings. The van der Waals surface area contributed by atoms with Gasteiger partial charge in [-0.2, -0.15) is 0 Å². The first kappa shape index (κ1) is 26.6. The Morgan fingerprint density at radius 2 is 1.70 bits per heavy atom. The number of hydrogen-bond donors (Lipinski definition) is 3. The number of nitrogens with one attached hydrogen (secondary N) is 3. The molecule has 3 N–H and O–H groups in total. The van der Waals surface area contributed by atoms with E-state index in [4.69, 9.17) is 4.74 Å². The molecule has 2 aromatic heterocycles. The van der Waals surface area contributed by atoms with E-state index in [9.17, 15) is 18.0 Å². The standard InChI is InChI=1S/C25H29N5O5S2/c1-25(2,3)21-16-20(23(31)30-13-12-27-37(33,34)15-14-30)22(36-21)29-24(32)28-17-4-6-18(7-5-17)35-19-8-10-26-11-9-19/h4-11,16,27H,12-15H2,1-3H3,(H2,28,29,32). The van der Waals surface area contributed by atoms with Gasteiger partial charge in [0.25, 0.3) is 5.91 Å². The highest BCUT2D eigenvalue weighted by Gasteiger charge is 2.29. The molecule has 1 fully saturated rings. The van der Waals surface area contributed by atoms with Crippen molar-refractivity contribution in [2.45, 2.75) is 26.2 Å². The van der Waals surface area contributed by atoms with Gasteiger partial charge in [0, 0.05) is 42.6 Å². The Morgan fingerprint density at radius 3 is 2.38 bits per heavy atom. The molecular formula is C25H29N5O5S2. The number of nitrogens with zero attached hydrogens (tertiary/aromatic N) is 2. The summed E-state index contributed by atoms with van der Waals surface area (Å²) in [7, 11) is -3.40. The van der Waals surface area contributed by atoms with Crippen LogP contribution in [0.1, 0.15) is 36.0 Å². The largest absolute Gasteiger partial charge is 0.457 e. The molecule has 0 radical (unpaired) electrons. The topological polar surface area (TPSA) is 130 Å². The third kappa shape index (κ3) is 7.06. The fraction of sp³-hybridized carbons (Fsp3) is 0.320. The second-order valence-electron chi connectivity index (χ2n) is 9.50. The van der Waals surface area contributed by atoms with Crippen LogP contribution in [-0.4, -0.2) is 55.6 Å². The average Bonchev–Trinajstić information content (AvgIpc) is 3.18. The predicted octanol–water partition coefficient (Wildman–Crippen LogP) is 4.25. The minimum atomic E-state index is -3.40. The summed E-state index contributed by atoms with van der Waals surface area (Å²) in [4.78, 5) is 32.6. The quantitative estimate of drug-likeness (QED) is 0.441. The summed E-state index contributed by atoms with van der Waals surface area (Å²) in [6, 6.07) is 11.6. The maximum absolute atomic E-state index is 13.4. The zero-order chi connectivity index (χ0) is 26.6. The molecule has 1 aliphatic heterocycles. The molecule has 1 aromatic carbocycles. The van der Waals surface area contributed by atoms with Crippen LogP contribution in [0.3, 0.4) is 0 Å². The lowest BCUT2D eigenvalue weighted by atomic mass is 9.94. The van der Waals surface area contributed by atoms with E-state index in [2.05, 4.69) is 20.3 Å². The van der Waals surface area contributed by atoms with Crippen LogP contribution in [0.4, 0.5) is 15.5 Å². The summed E-state index contributed by atoms with van der Waals surface area (Å²) < 4.78 is 32.0. The third-order valence-electron chi connectivity index (χ3n) is 5.55. The van der Waals surface area contributed by atoms with Crippen molar-refractivity contribution in [2.75, 3.05) is 36.0 Å². The zero-order valence-corrected chi connectivity index (χ0v) is 22.4. The first-order valence-electron chi connectivity index (χ1n) is 11.7. The molecule has 1 aliphatic rings. The van der Waals surface area contributed by atoms with Crippen molar-refractivity contribution in [3.63, 3.8) is 0 Å². The van der Waals surface area contributed by atoms with Gasteiger partial charge in [-0.3, -0.25) is 15.1 Å². The number of hydrogen-bond acceptors (Lipinski definition) is 7. The molecule has 0 bridgehead atoms. The van der Waals surface area contributed by atoms with Gasteiger partial charge in [0.1, 0.15) is 16.5 Å². The zero-order valence-electron chi connectivity index (χ0n) is 20.8. The molecule has 0 spiro atoms. The Bertz CT molecular complexity index is 1370. The molecule has 1 saturated heterocycles. The van der Waals surface area contributed by atoms with Gasteiger partial charge < -0.3 is 15.0 Å². The van der Waals surface area contributed by atoms with Crippen LogP contribution in [0.2, 0.25) is 0 Å². The second-order valence-corrected chi connectivity index (χ2v) is 12.5. The van der Waals surface area contributed by atoms with Crippen LogP contribution in [0.5, 0.6) is 11.5 Å². The van der Waals surface area contributed by atoms with Crippen molar-refractivity contribution in [1.29, 1.82) is 0 Å². The maximum Gasteiger partial charge on any atom is 0.324 e. The number of benzene rings is 1. The van der Waals surface area contributed by atoms with Gasteiger partial charge in [-0.25, -0.2) is 17.9 Å². The van der Waals surface area contributed by atoms with Gasteiger partial charge in [0.15, 0.2) is 0 Å². The Morgan fingerprint density at radius 1 is 1.03 bits per heavy atom. The summed E-state index contributed by atoms with van der Waals surface area (Å²) in [6.07, 6.45) is 3.27. The summed E-state index contributed by atoms with van der Waals surface area (Å²) in [6.45, 7) is 6.54. The number of anilines is 2. The highest BCUT2D eigenvalue weighted by molar-refractivity contribution is 7.89. The van der Waals surface area contributed by atoms with E-state index in [1.807, 2.05) is 20.8 Å². The number of sulfonamides is 1. The molecule has 0 atom stereocenters. The van der Waals surface area contributed by atoms with Crippen LogP contribution in [-0.2, 0) is 15.4 Å². The van der Waals surface area contributed by atoms with Crippen molar-refractivity contribution in [1.82, 2.24) is 14.6 Å². The summed E-state index contributed by atoms with van der Waals surface area (Å²) in [5.74, 6) is 0.764. The minimum absolute atomic E-state index is 0.0778. The van der Waals surface area contributed by atoms with E-state index in [1.165, 1.54) is 16.2 Å². The summed E-state index contributed by atoms with van der Waals surface area (Å²) >= 11 is 1.33. The van der Waals surface area contributed by atoms with Gasteiger partial charge in [0.2, 0.25) is 10.0 Å². The van der Waals surface area contributed by atoms with Crippen molar-refractivity contribution in [2.24, 2.45) is 0 Å². The molecular weight excluding hydrogens is 514 g/mol. The van der Waals surface area contributed by atoms with E-state index in [1.54, 1.807) is 54.9 Å². The highest BCUT2D eigenvalue weighted by atomic mass is 32.2. The average molecular weight is 544 g/mol. The fourth-order valence-electron chi connectivity index (χ4n) is 3.55. The molecule has 4 rings (SSSR count). The second kappa shape index (κ2) is 10.9. The number of amides is 3. The Kier molecular flexibility index (Phi) is 7.81. The SMILES string of the molecule is CC(C)(C)c1cc(C(=O)N2CCNS(=O)(=O)CC2)c(NC(=O)Nc2ccc(Oc3ccncc3)cc2)s1. The Hall–Kier alpha value is -3.48. The molecule has 196 valence electrons. The van der Waals surface area contributed by atoms with E-state index >= 15 is 0 Å². The monoisotopic (exact) mass is 543 g/mol. The lowest BCUT2D eigenvalue weighted by molar-refractivity contribution is 0.0773. The number of carbonyl (C=O) groups is 2. The first-order chi connectivity index (χ1) is 17.5. The molecule has 0 saturated carbocycles. The van der Waals surface area contributed by atoms with E-state index in [-0.39, 0.29) is 36.7 Å². The van der Waals surface area contributed by atoms with Crippen LogP contribution in [0.25, 0.3) is 0 Å². The van der Waals surface area contributed by atoms with Crippen molar-refractivity contribution in [3.05, 3.63) is 65.3 Å². The Balaban J connectivity index is 1.47. The molecule has 10 nitrogen and oxygen atoms in total. The van der Waals surface area contributed by atoms with Crippen LogP contribution >= 0.6 is 11.3 Å². The Labute approximate surface area is 220 Å². The minimum Gasteiger partial charge on any atom is -0.457 e. The van der Waals surface area contributed by atoms with Gasteiger partial charge in [-0.1, -0.05) is 20.8 Å². The number of urea groups is 1. The fourth-order valence-corrected chi connectivity index (χ4v) is 5.66. The van der Waals surface area contributed by atoms with Gasteiger partial charge in [0.05, 0.1) is 11.3 Å². The number of aromatic nitrogens is 1. The maximum atomic E-state index is 13.4. The third-order valence-corrected chi connectivity index (χ3v) is 8.39. The molecule has 0 aliphatic carbocycles. The van der Waals surface area contributed by atoms with E-state index in [0.717, 1.165) is 4.88 Å². The van der Waals surface area contributed by atoms with Crippen LogP contribution in [0, 0.1) is 0 Å². The number of rotatable bonds is 5. The first-order valence-corrected chi connectivity index (χ1v) is 14.1. The number of carbonyl (C=O) groups excluding carboxylic acids is 2. The van der Waals surface area contributed by atoms with Gasteiger partial charge >= 0.3 is 6.03 Å².